The molecule has 2 aromatic carbocycles. The standard InChI is InChI=1S/C20H21BrClNO3/c21-16-6-7-18(22)17(12-16)19(24)23-13-20(25,14-4-2-1-3-5-14)15-8-10-26-11-9-15/h1-7,12,15,25H,8-11,13H2,(H,23,24)/t20-/m0/s1. The van der Waals surface area contributed by atoms with Crippen molar-refractivity contribution in [3.05, 3.63) is 69.2 Å². The molecule has 2 N–H and O–H groups in total. The van der Waals surface area contributed by atoms with Gasteiger partial charge in [-0.05, 0) is 42.5 Å². The first-order valence-electron chi connectivity index (χ1n) is 8.59. The van der Waals surface area contributed by atoms with Crippen LogP contribution in [0.4, 0.5) is 0 Å². The van der Waals surface area contributed by atoms with E-state index in [0.717, 1.165) is 22.9 Å². The zero-order chi connectivity index (χ0) is 18.6. The van der Waals surface area contributed by atoms with Gasteiger partial charge in [-0.3, -0.25) is 4.79 Å². The number of benzene rings is 2. The first-order valence-corrected chi connectivity index (χ1v) is 9.77. The molecule has 0 unspecified atom stereocenters. The van der Waals surface area contributed by atoms with Gasteiger partial charge < -0.3 is 15.2 Å². The Kier molecular flexibility index (Phi) is 6.35. The first-order chi connectivity index (χ1) is 12.5. The molecular formula is C20H21BrClNO3. The topological polar surface area (TPSA) is 58.6 Å². The minimum absolute atomic E-state index is 0.0110. The summed E-state index contributed by atoms with van der Waals surface area (Å²) >= 11 is 9.50. The molecule has 0 aromatic heterocycles. The molecule has 6 heteroatoms. The quantitative estimate of drug-likeness (QED) is 0.737. The van der Waals surface area contributed by atoms with Gasteiger partial charge in [0.15, 0.2) is 0 Å². The monoisotopic (exact) mass is 437 g/mol. The van der Waals surface area contributed by atoms with Crippen LogP contribution in [-0.2, 0) is 10.3 Å². The fourth-order valence-corrected chi connectivity index (χ4v) is 3.93. The van der Waals surface area contributed by atoms with Crippen LogP contribution in [0.1, 0.15) is 28.8 Å². The van der Waals surface area contributed by atoms with E-state index in [2.05, 4.69) is 21.2 Å². The van der Waals surface area contributed by atoms with Gasteiger partial charge in [0.05, 0.1) is 17.1 Å². The molecule has 1 fully saturated rings. The van der Waals surface area contributed by atoms with Gasteiger partial charge in [-0.2, -0.15) is 0 Å². The molecule has 1 aliphatic rings. The van der Waals surface area contributed by atoms with Crippen LogP contribution in [0.5, 0.6) is 0 Å². The van der Waals surface area contributed by atoms with Crippen molar-refractivity contribution in [1.29, 1.82) is 0 Å². The summed E-state index contributed by atoms with van der Waals surface area (Å²) in [6, 6.07) is 14.6. The van der Waals surface area contributed by atoms with Crippen LogP contribution in [0.3, 0.4) is 0 Å². The van der Waals surface area contributed by atoms with Gasteiger partial charge in [0.2, 0.25) is 0 Å². The van der Waals surface area contributed by atoms with E-state index in [1.807, 2.05) is 30.3 Å². The highest BCUT2D eigenvalue weighted by molar-refractivity contribution is 9.10. The summed E-state index contributed by atoms with van der Waals surface area (Å²) in [7, 11) is 0. The van der Waals surface area contributed by atoms with Crippen LogP contribution in [-0.4, -0.2) is 30.8 Å². The fourth-order valence-electron chi connectivity index (χ4n) is 3.37. The second-order valence-electron chi connectivity index (χ2n) is 6.48. The summed E-state index contributed by atoms with van der Waals surface area (Å²) in [5.74, 6) is -0.297. The Bertz CT molecular complexity index is 765. The molecule has 0 bridgehead atoms. The SMILES string of the molecule is O=C(NC[C@](O)(c1ccccc1)C1CCOCC1)c1cc(Br)ccc1Cl. The third-order valence-corrected chi connectivity index (χ3v) is 5.68. The fraction of sp³-hybridized carbons (Fsp3) is 0.350. The van der Waals surface area contributed by atoms with Crippen LogP contribution in [0.2, 0.25) is 5.02 Å². The number of carbonyl (C=O) groups is 1. The maximum atomic E-state index is 12.6. The Hall–Kier alpha value is -1.40. The Morgan fingerprint density at radius 1 is 1.23 bits per heavy atom. The van der Waals surface area contributed by atoms with E-state index in [0.29, 0.717) is 23.8 Å². The Morgan fingerprint density at radius 2 is 1.92 bits per heavy atom. The minimum atomic E-state index is -1.15. The van der Waals surface area contributed by atoms with Gasteiger partial charge in [-0.1, -0.05) is 57.9 Å². The molecule has 1 atom stereocenters. The van der Waals surface area contributed by atoms with E-state index in [1.165, 1.54) is 0 Å². The number of amides is 1. The molecule has 0 radical (unpaired) electrons. The van der Waals surface area contributed by atoms with Gasteiger partial charge in [-0.15, -0.1) is 0 Å². The predicted octanol–water partition coefficient (Wildman–Crippen LogP) is 4.15. The van der Waals surface area contributed by atoms with Crippen LogP contribution in [0.15, 0.2) is 53.0 Å². The molecule has 3 rings (SSSR count). The first kappa shape index (κ1) is 19.4. The van der Waals surface area contributed by atoms with Crippen molar-refractivity contribution in [3.8, 4) is 0 Å². The van der Waals surface area contributed by atoms with Crippen LogP contribution < -0.4 is 5.32 Å². The van der Waals surface area contributed by atoms with E-state index in [1.54, 1.807) is 18.2 Å². The number of ether oxygens (including phenoxy) is 1. The van der Waals surface area contributed by atoms with Crippen molar-refractivity contribution >= 4 is 33.4 Å². The van der Waals surface area contributed by atoms with Gasteiger partial charge in [0, 0.05) is 17.7 Å². The highest BCUT2D eigenvalue weighted by Gasteiger charge is 2.39. The molecule has 4 nitrogen and oxygen atoms in total. The van der Waals surface area contributed by atoms with E-state index in [-0.39, 0.29) is 18.4 Å². The molecule has 26 heavy (non-hydrogen) atoms. The summed E-state index contributed by atoms with van der Waals surface area (Å²) in [6.45, 7) is 1.35. The molecular weight excluding hydrogens is 418 g/mol. The summed E-state index contributed by atoms with van der Waals surface area (Å²) in [4.78, 5) is 12.6. The lowest BCUT2D eigenvalue weighted by atomic mass is 9.77. The lowest BCUT2D eigenvalue weighted by Gasteiger charge is -2.39. The third-order valence-electron chi connectivity index (χ3n) is 4.86. The number of aliphatic hydroxyl groups is 1. The molecule has 0 spiro atoms. The maximum Gasteiger partial charge on any atom is 0.252 e. The summed E-state index contributed by atoms with van der Waals surface area (Å²) in [6.07, 6.45) is 1.50. The van der Waals surface area contributed by atoms with Crippen LogP contribution in [0.25, 0.3) is 0 Å². The van der Waals surface area contributed by atoms with Crippen molar-refractivity contribution in [2.24, 2.45) is 5.92 Å². The number of hydrogen-bond donors (Lipinski definition) is 2. The van der Waals surface area contributed by atoms with Gasteiger partial charge in [0.25, 0.3) is 5.91 Å². The molecule has 1 aliphatic heterocycles. The molecule has 138 valence electrons. The van der Waals surface area contributed by atoms with Crippen molar-refractivity contribution in [2.75, 3.05) is 19.8 Å². The molecule has 0 aliphatic carbocycles. The number of carbonyl (C=O) groups excluding carboxylic acids is 1. The number of rotatable bonds is 5. The largest absolute Gasteiger partial charge is 0.383 e. The molecule has 2 aromatic rings. The van der Waals surface area contributed by atoms with Crippen molar-refractivity contribution in [1.82, 2.24) is 5.32 Å². The van der Waals surface area contributed by atoms with Gasteiger partial charge >= 0.3 is 0 Å². The highest BCUT2D eigenvalue weighted by atomic mass is 79.9. The lowest BCUT2D eigenvalue weighted by molar-refractivity contribution is -0.0680. The highest BCUT2D eigenvalue weighted by Crippen LogP contribution is 2.36. The normalized spacial score (nSPS) is 17.5. The molecule has 1 heterocycles. The zero-order valence-electron chi connectivity index (χ0n) is 14.3. The van der Waals surface area contributed by atoms with Gasteiger partial charge in [-0.25, -0.2) is 0 Å². The van der Waals surface area contributed by atoms with E-state index in [9.17, 15) is 9.90 Å². The Balaban J connectivity index is 1.82. The zero-order valence-corrected chi connectivity index (χ0v) is 16.6. The van der Waals surface area contributed by atoms with E-state index in [4.69, 9.17) is 16.3 Å². The van der Waals surface area contributed by atoms with E-state index >= 15 is 0 Å². The smallest absolute Gasteiger partial charge is 0.252 e. The average molecular weight is 439 g/mol. The Labute approximate surface area is 166 Å². The number of halogens is 2. The number of nitrogens with one attached hydrogen (secondary N) is 1. The third kappa shape index (κ3) is 4.29. The maximum absolute atomic E-state index is 12.6. The van der Waals surface area contributed by atoms with Crippen molar-refractivity contribution in [3.63, 3.8) is 0 Å². The lowest BCUT2D eigenvalue weighted by Crippen LogP contribution is -2.47. The van der Waals surface area contributed by atoms with E-state index < -0.39 is 5.60 Å². The number of hydrogen-bond acceptors (Lipinski definition) is 3. The molecule has 1 saturated heterocycles. The van der Waals surface area contributed by atoms with Crippen molar-refractivity contribution in [2.45, 2.75) is 18.4 Å². The minimum Gasteiger partial charge on any atom is -0.383 e. The predicted molar refractivity (Wildman–Crippen MR) is 105 cm³/mol. The average Bonchev–Trinajstić information content (AvgIpc) is 2.69. The molecule has 0 saturated carbocycles. The Morgan fingerprint density at radius 3 is 2.62 bits per heavy atom. The summed E-state index contributed by atoms with van der Waals surface area (Å²) < 4.78 is 6.21. The molecule has 1 amide bonds. The van der Waals surface area contributed by atoms with Gasteiger partial charge in [0.1, 0.15) is 5.60 Å². The van der Waals surface area contributed by atoms with Crippen LogP contribution in [0, 0.1) is 5.92 Å². The second kappa shape index (κ2) is 8.53. The summed E-state index contributed by atoms with van der Waals surface area (Å²) in [5, 5.41) is 14.8. The second-order valence-corrected chi connectivity index (χ2v) is 7.81. The van der Waals surface area contributed by atoms with Crippen LogP contribution >= 0.6 is 27.5 Å². The van der Waals surface area contributed by atoms with Crippen molar-refractivity contribution < 1.29 is 14.6 Å². The summed E-state index contributed by atoms with van der Waals surface area (Å²) in [5.41, 5.74) is 0.0232.